The maximum Gasteiger partial charge on any atom is 0.164 e. The minimum atomic E-state index is -0.401. The Bertz CT molecular complexity index is 617. The van der Waals surface area contributed by atoms with Gasteiger partial charge in [0.1, 0.15) is 11.6 Å². The Labute approximate surface area is 103 Å². The minimum Gasteiger partial charge on any atom is -0.294 e. The lowest BCUT2D eigenvalue weighted by molar-refractivity contribution is 0.0991. The predicted molar refractivity (Wildman–Crippen MR) is 63.6 cm³/mol. The van der Waals surface area contributed by atoms with Gasteiger partial charge in [-0.25, -0.2) is 8.78 Å². The van der Waals surface area contributed by atoms with Gasteiger partial charge in [-0.1, -0.05) is 18.2 Å². The van der Waals surface area contributed by atoms with Gasteiger partial charge in [0, 0.05) is 17.9 Å². The number of fused-ring (bicyclic) bond motifs is 1. The zero-order valence-corrected chi connectivity index (χ0v) is 9.49. The molecular weight excluding hydrogens is 234 g/mol. The summed E-state index contributed by atoms with van der Waals surface area (Å²) in [5.41, 5.74) is 2.16. The SMILES string of the molecule is O=C1CC(c2ccc(F)cc2)c2ccc(F)cc21. The topological polar surface area (TPSA) is 17.1 Å². The van der Waals surface area contributed by atoms with E-state index >= 15 is 0 Å². The summed E-state index contributed by atoms with van der Waals surface area (Å²) in [5, 5.41) is 0. The van der Waals surface area contributed by atoms with E-state index in [2.05, 4.69) is 0 Å². The molecule has 90 valence electrons. The number of halogens is 2. The van der Waals surface area contributed by atoms with Gasteiger partial charge in [-0.3, -0.25) is 4.79 Å². The van der Waals surface area contributed by atoms with Crippen LogP contribution in [0.3, 0.4) is 0 Å². The highest BCUT2D eigenvalue weighted by Crippen LogP contribution is 2.38. The molecule has 18 heavy (non-hydrogen) atoms. The van der Waals surface area contributed by atoms with Crippen LogP contribution in [0.5, 0.6) is 0 Å². The average molecular weight is 244 g/mol. The van der Waals surface area contributed by atoms with E-state index in [9.17, 15) is 13.6 Å². The second-order valence-corrected chi connectivity index (χ2v) is 4.46. The van der Waals surface area contributed by atoms with Gasteiger partial charge in [-0.2, -0.15) is 0 Å². The monoisotopic (exact) mass is 244 g/mol. The lowest BCUT2D eigenvalue weighted by atomic mass is 9.93. The van der Waals surface area contributed by atoms with Crippen LogP contribution in [0, 0.1) is 11.6 Å². The molecule has 0 fully saturated rings. The Morgan fingerprint density at radius 1 is 0.944 bits per heavy atom. The largest absolute Gasteiger partial charge is 0.294 e. The summed E-state index contributed by atoms with van der Waals surface area (Å²) >= 11 is 0. The summed E-state index contributed by atoms with van der Waals surface area (Å²) in [6.07, 6.45) is 0.324. The molecule has 0 radical (unpaired) electrons. The first-order valence-corrected chi connectivity index (χ1v) is 5.73. The molecule has 1 unspecified atom stereocenters. The normalized spacial score (nSPS) is 17.9. The van der Waals surface area contributed by atoms with Crippen LogP contribution >= 0.6 is 0 Å². The van der Waals surface area contributed by atoms with E-state index < -0.39 is 5.82 Å². The molecule has 3 rings (SSSR count). The first-order chi connectivity index (χ1) is 8.65. The number of hydrogen-bond acceptors (Lipinski definition) is 1. The van der Waals surface area contributed by atoms with Crippen molar-refractivity contribution in [2.24, 2.45) is 0 Å². The lowest BCUT2D eigenvalue weighted by Gasteiger charge is -2.10. The molecule has 0 saturated carbocycles. The number of carbonyl (C=O) groups is 1. The second-order valence-electron chi connectivity index (χ2n) is 4.46. The molecule has 0 saturated heterocycles. The average Bonchev–Trinajstić information content (AvgIpc) is 2.68. The Morgan fingerprint density at radius 3 is 2.33 bits per heavy atom. The third-order valence-electron chi connectivity index (χ3n) is 3.35. The van der Waals surface area contributed by atoms with Gasteiger partial charge < -0.3 is 0 Å². The van der Waals surface area contributed by atoms with Crippen molar-refractivity contribution in [2.45, 2.75) is 12.3 Å². The van der Waals surface area contributed by atoms with E-state index in [4.69, 9.17) is 0 Å². The fraction of sp³-hybridized carbons (Fsp3) is 0.133. The maximum absolute atomic E-state index is 13.1. The van der Waals surface area contributed by atoms with Crippen LogP contribution in [0.25, 0.3) is 0 Å². The van der Waals surface area contributed by atoms with Crippen molar-refractivity contribution in [3.05, 3.63) is 70.8 Å². The number of ketones is 1. The second kappa shape index (κ2) is 4.02. The van der Waals surface area contributed by atoms with Gasteiger partial charge in [0.2, 0.25) is 0 Å². The number of benzene rings is 2. The van der Waals surface area contributed by atoms with Crippen molar-refractivity contribution in [3.63, 3.8) is 0 Å². The molecule has 0 aromatic heterocycles. The van der Waals surface area contributed by atoms with Gasteiger partial charge >= 0.3 is 0 Å². The number of carbonyl (C=O) groups excluding carboxylic acids is 1. The van der Waals surface area contributed by atoms with Crippen molar-refractivity contribution in [3.8, 4) is 0 Å². The van der Waals surface area contributed by atoms with E-state index in [1.165, 1.54) is 24.3 Å². The molecule has 1 nitrogen and oxygen atoms in total. The third-order valence-corrected chi connectivity index (χ3v) is 3.35. The van der Waals surface area contributed by atoms with Crippen LogP contribution in [0.4, 0.5) is 8.78 Å². The van der Waals surface area contributed by atoms with Crippen LogP contribution in [0.2, 0.25) is 0 Å². The van der Waals surface area contributed by atoms with E-state index in [1.54, 1.807) is 18.2 Å². The van der Waals surface area contributed by atoms with Crippen molar-refractivity contribution in [2.75, 3.05) is 0 Å². The van der Waals surface area contributed by atoms with Gasteiger partial charge in [-0.15, -0.1) is 0 Å². The fourth-order valence-electron chi connectivity index (χ4n) is 2.47. The van der Waals surface area contributed by atoms with Gasteiger partial charge in [0.05, 0.1) is 0 Å². The van der Waals surface area contributed by atoms with Gasteiger partial charge in [0.15, 0.2) is 5.78 Å². The lowest BCUT2D eigenvalue weighted by Crippen LogP contribution is -1.96. The first kappa shape index (κ1) is 11.1. The van der Waals surface area contributed by atoms with Crippen molar-refractivity contribution in [1.82, 2.24) is 0 Å². The highest BCUT2D eigenvalue weighted by molar-refractivity contribution is 6.01. The summed E-state index contributed by atoms with van der Waals surface area (Å²) in [4.78, 5) is 11.8. The molecule has 0 bridgehead atoms. The summed E-state index contributed by atoms with van der Waals surface area (Å²) in [7, 11) is 0. The summed E-state index contributed by atoms with van der Waals surface area (Å²) < 4.78 is 26.0. The molecule has 2 aromatic rings. The molecule has 0 N–H and O–H groups in total. The zero-order valence-electron chi connectivity index (χ0n) is 9.49. The van der Waals surface area contributed by atoms with E-state index in [-0.39, 0.29) is 17.5 Å². The van der Waals surface area contributed by atoms with Crippen LogP contribution in [0.1, 0.15) is 33.8 Å². The highest BCUT2D eigenvalue weighted by atomic mass is 19.1. The molecule has 1 aliphatic carbocycles. The van der Waals surface area contributed by atoms with Crippen LogP contribution in [-0.2, 0) is 0 Å². The zero-order chi connectivity index (χ0) is 12.7. The summed E-state index contributed by atoms with van der Waals surface area (Å²) in [5.74, 6) is -0.850. The quantitative estimate of drug-likeness (QED) is 0.747. The van der Waals surface area contributed by atoms with Crippen LogP contribution < -0.4 is 0 Å². The minimum absolute atomic E-state index is 0.0566. The van der Waals surface area contributed by atoms with Gasteiger partial charge in [-0.05, 0) is 35.4 Å². The first-order valence-electron chi connectivity index (χ1n) is 5.73. The maximum atomic E-state index is 13.1. The fourth-order valence-corrected chi connectivity index (χ4v) is 2.47. The predicted octanol–water partition coefficient (Wildman–Crippen LogP) is 3.68. The molecule has 3 heteroatoms. The molecule has 1 aliphatic rings. The Morgan fingerprint density at radius 2 is 1.61 bits per heavy atom. The summed E-state index contributed by atoms with van der Waals surface area (Å²) in [6.45, 7) is 0. The third kappa shape index (κ3) is 1.72. The standard InChI is InChI=1S/C15H10F2O/c16-10-3-1-9(2-4-10)13-8-15(18)14-7-11(17)5-6-12(13)14/h1-7,13H,8H2. The Balaban J connectivity index is 2.07. The summed E-state index contributed by atoms with van der Waals surface area (Å²) in [6, 6.07) is 10.4. The molecule has 0 spiro atoms. The van der Waals surface area contributed by atoms with Crippen LogP contribution in [-0.4, -0.2) is 5.78 Å². The molecule has 0 amide bonds. The van der Waals surface area contributed by atoms with Gasteiger partial charge in [0.25, 0.3) is 0 Å². The molecule has 1 atom stereocenters. The Kier molecular flexibility index (Phi) is 2.47. The molecule has 0 aliphatic heterocycles. The number of rotatable bonds is 1. The highest BCUT2D eigenvalue weighted by Gasteiger charge is 2.30. The molecular formula is C15H10F2O. The number of hydrogen-bond donors (Lipinski definition) is 0. The van der Waals surface area contributed by atoms with Crippen molar-refractivity contribution < 1.29 is 13.6 Å². The van der Waals surface area contributed by atoms with E-state index in [1.807, 2.05) is 0 Å². The molecule has 2 aromatic carbocycles. The molecule has 0 heterocycles. The van der Waals surface area contributed by atoms with E-state index in [0.717, 1.165) is 11.1 Å². The van der Waals surface area contributed by atoms with Crippen molar-refractivity contribution >= 4 is 5.78 Å². The van der Waals surface area contributed by atoms with Crippen molar-refractivity contribution in [1.29, 1.82) is 0 Å². The van der Waals surface area contributed by atoms with Crippen LogP contribution in [0.15, 0.2) is 42.5 Å². The number of Topliss-reactive ketones (excluding diaryl/α,β-unsaturated/α-hetero) is 1. The van der Waals surface area contributed by atoms with E-state index in [0.29, 0.717) is 12.0 Å². The Hall–Kier alpha value is -2.03. The smallest absolute Gasteiger partial charge is 0.164 e.